The van der Waals surface area contributed by atoms with Crippen molar-refractivity contribution in [2.24, 2.45) is 0 Å². The number of aromatic nitrogens is 2. The standard InChI is InChI=1S/C13H13N3O2/c1-9(17)6-13(18)16-11-4-2-10(3-5-11)12-7-14-8-15-12/h2-5,7-8H,6H2,1H3,(H,14,15)(H,16,18). The van der Waals surface area contributed by atoms with Crippen LogP contribution in [0.3, 0.4) is 0 Å². The molecule has 0 aliphatic heterocycles. The number of aromatic amines is 1. The Kier molecular flexibility index (Phi) is 3.52. The van der Waals surface area contributed by atoms with Gasteiger partial charge in [-0.2, -0.15) is 0 Å². The molecule has 1 aromatic carbocycles. The minimum atomic E-state index is -0.295. The Balaban J connectivity index is 2.04. The summed E-state index contributed by atoms with van der Waals surface area (Å²) in [5.74, 6) is -0.446. The molecule has 0 radical (unpaired) electrons. The molecule has 0 bridgehead atoms. The number of H-pyrrole nitrogens is 1. The van der Waals surface area contributed by atoms with Crippen LogP contribution in [0.25, 0.3) is 11.3 Å². The van der Waals surface area contributed by atoms with E-state index in [-0.39, 0.29) is 18.1 Å². The molecule has 2 aromatic rings. The lowest BCUT2D eigenvalue weighted by molar-refractivity contribution is -0.124. The van der Waals surface area contributed by atoms with Gasteiger partial charge in [-0.05, 0) is 24.6 Å². The Morgan fingerprint density at radius 2 is 2.00 bits per heavy atom. The lowest BCUT2D eigenvalue weighted by atomic mass is 10.1. The SMILES string of the molecule is CC(=O)CC(=O)Nc1ccc(-c2cnc[nH]2)cc1. The molecule has 18 heavy (non-hydrogen) atoms. The summed E-state index contributed by atoms with van der Waals surface area (Å²) in [6.45, 7) is 1.39. The third-order valence-electron chi connectivity index (χ3n) is 2.39. The molecule has 5 nitrogen and oxygen atoms in total. The van der Waals surface area contributed by atoms with Crippen molar-refractivity contribution in [1.82, 2.24) is 9.97 Å². The van der Waals surface area contributed by atoms with Crippen molar-refractivity contribution in [2.45, 2.75) is 13.3 Å². The predicted molar refractivity (Wildman–Crippen MR) is 68.0 cm³/mol. The van der Waals surface area contributed by atoms with Crippen LogP contribution in [-0.4, -0.2) is 21.7 Å². The van der Waals surface area contributed by atoms with E-state index in [0.717, 1.165) is 11.3 Å². The van der Waals surface area contributed by atoms with E-state index in [2.05, 4.69) is 15.3 Å². The maximum absolute atomic E-state index is 11.4. The van der Waals surface area contributed by atoms with E-state index in [1.807, 2.05) is 12.1 Å². The molecule has 1 amide bonds. The van der Waals surface area contributed by atoms with Gasteiger partial charge in [0.15, 0.2) is 0 Å². The van der Waals surface area contributed by atoms with Gasteiger partial charge in [0.1, 0.15) is 5.78 Å². The fourth-order valence-electron chi connectivity index (χ4n) is 1.58. The number of amides is 1. The summed E-state index contributed by atoms with van der Waals surface area (Å²) >= 11 is 0. The summed E-state index contributed by atoms with van der Waals surface area (Å²) in [6.07, 6.45) is 3.24. The number of nitrogens with one attached hydrogen (secondary N) is 2. The number of carbonyl (C=O) groups excluding carboxylic acids is 2. The quantitative estimate of drug-likeness (QED) is 0.806. The van der Waals surface area contributed by atoms with Crippen LogP contribution < -0.4 is 5.32 Å². The lowest BCUT2D eigenvalue weighted by Crippen LogP contribution is -2.14. The molecule has 0 saturated carbocycles. The number of Topliss-reactive ketones (excluding diaryl/α,β-unsaturated/α-hetero) is 1. The van der Waals surface area contributed by atoms with Crippen LogP contribution in [0.2, 0.25) is 0 Å². The molecule has 0 unspecified atom stereocenters. The van der Waals surface area contributed by atoms with Crippen molar-refractivity contribution in [1.29, 1.82) is 0 Å². The number of hydrogen-bond acceptors (Lipinski definition) is 3. The normalized spacial score (nSPS) is 10.1. The van der Waals surface area contributed by atoms with Crippen LogP contribution in [0.5, 0.6) is 0 Å². The number of anilines is 1. The first-order valence-electron chi connectivity index (χ1n) is 5.53. The second-order valence-corrected chi connectivity index (χ2v) is 3.97. The number of nitrogens with zero attached hydrogens (tertiary/aromatic N) is 1. The van der Waals surface area contributed by atoms with Gasteiger partial charge in [0.2, 0.25) is 5.91 Å². The van der Waals surface area contributed by atoms with Crippen LogP contribution in [0.1, 0.15) is 13.3 Å². The number of benzene rings is 1. The van der Waals surface area contributed by atoms with Crippen LogP contribution in [0.15, 0.2) is 36.8 Å². The van der Waals surface area contributed by atoms with Crippen molar-refractivity contribution >= 4 is 17.4 Å². The average molecular weight is 243 g/mol. The lowest BCUT2D eigenvalue weighted by Gasteiger charge is -2.04. The highest BCUT2D eigenvalue weighted by atomic mass is 16.2. The van der Waals surface area contributed by atoms with Gasteiger partial charge in [0.05, 0.1) is 24.6 Å². The highest BCUT2D eigenvalue weighted by Gasteiger charge is 2.05. The Morgan fingerprint density at radius 3 is 2.56 bits per heavy atom. The molecule has 0 atom stereocenters. The van der Waals surface area contributed by atoms with E-state index in [1.165, 1.54) is 6.92 Å². The van der Waals surface area contributed by atoms with Gasteiger partial charge in [-0.15, -0.1) is 0 Å². The molecule has 1 aromatic heterocycles. The Morgan fingerprint density at radius 1 is 1.28 bits per heavy atom. The first-order valence-corrected chi connectivity index (χ1v) is 5.53. The monoisotopic (exact) mass is 243 g/mol. The summed E-state index contributed by atoms with van der Waals surface area (Å²) in [5.41, 5.74) is 2.57. The molecular formula is C13H13N3O2. The first kappa shape index (κ1) is 12.0. The zero-order valence-electron chi connectivity index (χ0n) is 9.93. The number of hydrogen-bond donors (Lipinski definition) is 2. The molecule has 2 N–H and O–H groups in total. The number of imidazole rings is 1. The van der Waals surface area contributed by atoms with E-state index in [1.54, 1.807) is 24.7 Å². The van der Waals surface area contributed by atoms with E-state index >= 15 is 0 Å². The van der Waals surface area contributed by atoms with Gasteiger partial charge >= 0.3 is 0 Å². The highest BCUT2D eigenvalue weighted by Crippen LogP contribution is 2.18. The molecule has 0 fully saturated rings. The molecule has 0 saturated heterocycles. The maximum Gasteiger partial charge on any atom is 0.231 e. The molecule has 1 heterocycles. The molecule has 2 rings (SSSR count). The molecule has 92 valence electrons. The second kappa shape index (κ2) is 5.27. The fourth-order valence-corrected chi connectivity index (χ4v) is 1.58. The Bertz CT molecular complexity index is 544. The number of ketones is 1. The fraction of sp³-hybridized carbons (Fsp3) is 0.154. The number of rotatable bonds is 4. The van der Waals surface area contributed by atoms with Gasteiger partial charge in [-0.1, -0.05) is 12.1 Å². The van der Waals surface area contributed by atoms with E-state index < -0.39 is 0 Å². The number of carbonyl (C=O) groups is 2. The first-order chi connectivity index (χ1) is 8.65. The Hall–Kier alpha value is -2.43. The topological polar surface area (TPSA) is 74.8 Å². The van der Waals surface area contributed by atoms with Crippen LogP contribution in [0, 0.1) is 0 Å². The van der Waals surface area contributed by atoms with Crippen molar-refractivity contribution < 1.29 is 9.59 Å². The summed E-state index contributed by atoms with van der Waals surface area (Å²) in [4.78, 5) is 29.1. The van der Waals surface area contributed by atoms with Crippen molar-refractivity contribution in [2.75, 3.05) is 5.32 Å². The predicted octanol–water partition coefficient (Wildman–Crippen LogP) is 1.99. The van der Waals surface area contributed by atoms with Crippen molar-refractivity contribution in [3.8, 4) is 11.3 Å². The minimum absolute atomic E-state index is 0.0949. The molecule has 5 heteroatoms. The minimum Gasteiger partial charge on any atom is -0.345 e. The summed E-state index contributed by atoms with van der Waals surface area (Å²) in [6, 6.07) is 7.32. The summed E-state index contributed by atoms with van der Waals surface area (Å²) in [7, 11) is 0. The average Bonchev–Trinajstić information content (AvgIpc) is 2.82. The highest BCUT2D eigenvalue weighted by molar-refractivity contribution is 6.03. The second-order valence-electron chi connectivity index (χ2n) is 3.97. The van der Waals surface area contributed by atoms with E-state index in [9.17, 15) is 9.59 Å². The van der Waals surface area contributed by atoms with E-state index in [4.69, 9.17) is 0 Å². The van der Waals surface area contributed by atoms with Crippen molar-refractivity contribution in [3.63, 3.8) is 0 Å². The van der Waals surface area contributed by atoms with Gasteiger partial charge in [0.25, 0.3) is 0 Å². The van der Waals surface area contributed by atoms with Crippen LogP contribution in [0.4, 0.5) is 5.69 Å². The van der Waals surface area contributed by atoms with Gasteiger partial charge in [-0.3, -0.25) is 9.59 Å². The summed E-state index contributed by atoms with van der Waals surface area (Å²) in [5, 5.41) is 2.66. The molecular weight excluding hydrogens is 230 g/mol. The van der Waals surface area contributed by atoms with Gasteiger partial charge < -0.3 is 10.3 Å². The summed E-state index contributed by atoms with van der Waals surface area (Å²) < 4.78 is 0. The largest absolute Gasteiger partial charge is 0.345 e. The van der Waals surface area contributed by atoms with Crippen LogP contribution in [-0.2, 0) is 9.59 Å². The smallest absolute Gasteiger partial charge is 0.231 e. The zero-order chi connectivity index (χ0) is 13.0. The van der Waals surface area contributed by atoms with Gasteiger partial charge in [0, 0.05) is 5.69 Å². The molecule has 0 spiro atoms. The maximum atomic E-state index is 11.4. The zero-order valence-corrected chi connectivity index (χ0v) is 9.93. The molecule has 0 aliphatic carbocycles. The Labute approximate surface area is 104 Å². The third-order valence-corrected chi connectivity index (χ3v) is 2.39. The van der Waals surface area contributed by atoms with Crippen molar-refractivity contribution in [3.05, 3.63) is 36.8 Å². The third kappa shape index (κ3) is 3.04. The van der Waals surface area contributed by atoms with E-state index in [0.29, 0.717) is 5.69 Å². The van der Waals surface area contributed by atoms with Gasteiger partial charge in [-0.25, -0.2) is 4.98 Å². The molecule has 0 aliphatic rings. The van der Waals surface area contributed by atoms with Crippen LogP contribution >= 0.6 is 0 Å².